The molecule has 146 valence electrons. The van der Waals surface area contributed by atoms with Crippen molar-refractivity contribution in [2.45, 2.75) is 56.5 Å². The monoisotopic (exact) mass is 388 g/mol. The molecule has 27 heavy (non-hydrogen) atoms. The number of carbonyl (C=O) groups excluding carboxylic acids is 1. The second-order valence-electron chi connectivity index (χ2n) is 7.18. The minimum absolute atomic E-state index is 0.136. The van der Waals surface area contributed by atoms with Crippen LogP contribution in [0, 0.1) is 5.92 Å². The molecule has 1 amide bonds. The molecular weight excluding hydrogens is 360 g/mol. The molecule has 0 saturated carbocycles. The molecule has 0 aliphatic carbocycles. The lowest BCUT2D eigenvalue weighted by atomic mass is 9.90. The third-order valence-corrected chi connectivity index (χ3v) is 6.17. The van der Waals surface area contributed by atoms with Crippen LogP contribution < -0.4 is 5.69 Å². The van der Waals surface area contributed by atoms with Gasteiger partial charge in [0.25, 0.3) is 0 Å². The highest BCUT2D eigenvalue weighted by Gasteiger charge is 2.27. The first kappa shape index (κ1) is 19.7. The highest BCUT2D eigenvalue weighted by atomic mass is 32.2. The lowest BCUT2D eigenvalue weighted by molar-refractivity contribution is -0.131. The number of hydrogen-bond acceptors (Lipinski definition) is 4. The second-order valence-corrected chi connectivity index (χ2v) is 8.49. The van der Waals surface area contributed by atoms with Crippen LogP contribution in [0.4, 0.5) is 0 Å². The summed E-state index contributed by atoms with van der Waals surface area (Å²) in [5.41, 5.74) is 1.17. The Bertz CT molecular complexity index is 794. The van der Waals surface area contributed by atoms with Gasteiger partial charge in [0.1, 0.15) is 0 Å². The summed E-state index contributed by atoms with van der Waals surface area (Å²) >= 11 is 1.37. The fourth-order valence-electron chi connectivity index (χ4n) is 3.58. The number of piperidine rings is 1. The summed E-state index contributed by atoms with van der Waals surface area (Å²) in [6.07, 6.45) is 4.02. The molecule has 2 aromatic rings. The highest BCUT2D eigenvalue weighted by molar-refractivity contribution is 8.00. The number of carbonyl (C=O) groups is 1. The number of nitrogens with one attached hydrogen (secondary N) is 1. The van der Waals surface area contributed by atoms with Crippen LogP contribution in [0.1, 0.15) is 38.7 Å². The molecule has 1 aromatic carbocycles. The zero-order chi connectivity index (χ0) is 19.2. The first-order valence-electron chi connectivity index (χ1n) is 9.73. The first-order chi connectivity index (χ1) is 13.1. The molecule has 0 spiro atoms. The minimum atomic E-state index is -0.249. The number of likely N-dealkylation sites (tertiary alicyclic amines) is 1. The average molecular weight is 389 g/mol. The van der Waals surface area contributed by atoms with Crippen LogP contribution in [0.3, 0.4) is 0 Å². The van der Waals surface area contributed by atoms with E-state index in [4.69, 9.17) is 0 Å². The summed E-state index contributed by atoms with van der Waals surface area (Å²) < 4.78 is 1.61. The Balaban J connectivity index is 1.52. The number of aromatic amines is 1. The van der Waals surface area contributed by atoms with Crippen molar-refractivity contribution in [2.24, 2.45) is 5.92 Å². The van der Waals surface area contributed by atoms with Crippen molar-refractivity contribution < 1.29 is 4.79 Å². The zero-order valence-electron chi connectivity index (χ0n) is 16.1. The maximum Gasteiger partial charge on any atom is 0.343 e. The number of amides is 1. The van der Waals surface area contributed by atoms with E-state index in [1.54, 1.807) is 4.57 Å². The van der Waals surface area contributed by atoms with Gasteiger partial charge in [-0.2, -0.15) is 0 Å². The van der Waals surface area contributed by atoms with Crippen LogP contribution in [0.2, 0.25) is 0 Å². The molecule has 3 rings (SSSR count). The molecule has 2 heterocycles. The third kappa shape index (κ3) is 5.03. The van der Waals surface area contributed by atoms with E-state index >= 15 is 0 Å². The Morgan fingerprint density at radius 1 is 1.30 bits per heavy atom. The van der Waals surface area contributed by atoms with E-state index in [2.05, 4.69) is 34.5 Å². The van der Waals surface area contributed by atoms with Crippen LogP contribution in [0.25, 0.3) is 0 Å². The van der Waals surface area contributed by atoms with Crippen molar-refractivity contribution >= 4 is 17.7 Å². The van der Waals surface area contributed by atoms with Crippen molar-refractivity contribution in [1.29, 1.82) is 0 Å². The smallest absolute Gasteiger partial charge is 0.342 e. The standard InChI is InChI=1S/C20H28N4O2S/c1-3-11-24-19(26)21-22-20(24)27-15(2)18(25)23-12-9-17(10-13-23)14-16-7-5-4-6-8-16/h4-8,15,17H,3,9-14H2,1-2H3,(H,21,26)/t15-/m1/s1. The Morgan fingerprint density at radius 3 is 2.67 bits per heavy atom. The number of nitrogens with zero attached hydrogens (tertiary/aromatic N) is 3. The minimum Gasteiger partial charge on any atom is -0.342 e. The molecule has 1 saturated heterocycles. The largest absolute Gasteiger partial charge is 0.343 e. The highest BCUT2D eigenvalue weighted by Crippen LogP contribution is 2.26. The molecule has 1 fully saturated rings. The fourth-order valence-corrected chi connectivity index (χ4v) is 4.55. The molecule has 1 atom stereocenters. The average Bonchev–Trinajstić information content (AvgIpc) is 3.03. The third-order valence-electron chi connectivity index (χ3n) is 5.09. The summed E-state index contributed by atoms with van der Waals surface area (Å²) in [6.45, 7) is 6.15. The van der Waals surface area contributed by atoms with Gasteiger partial charge in [-0.15, -0.1) is 5.10 Å². The summed E-state index contributed by atoms with van der Waals surface area (Å²) in [6, 6.07) is 10.6. The van der Waals surface area contributed by atoms with Crippen LogP contribution in [-0.2, 0) is 17.8 Å². The Labute approximate surface area is 164 Å². The Morgan fingerprint density at radius 2 is 2.00 bits per heavy atom. The summed E-state index contributed by atoms with van der Waals surface area (Å²) in [7, 11) is 0. The fraction of sp³-hybridized carbons (Fsp3) is 0.550. The predicted octanol–water partition coefficient (Wildman–Crippen LogP) is 2.94. The van der Waals surface area contributed by atoms with Gasteiger partial charge in [0.15, 0.2) is 5.16 Å². The van der Waals surface area contributed by atoms with Gasteiger partial charge in [-0.1, -0.05) is 49.0 Å². The zero-order valence-corrected chi connectivity index (χ0v) is 16.9. The van der Waals surface area contributed by atoms with Crippen molar-refractivity contribution in [1.82, 2.24) is 19.7 Å². The molecule has 0 radical (unpaired) electrons. The SMILES string of the molecule is CCCn1c(S[C@H](C)C(=O)N2CCC(Cc3ccccc3)CC2)n[nH]c1=O. The molecule has 7 heteroatoms. The molecule has 0 bridgehead atoms. The van der Waals surface area contributed by atoms with Gasteiger partial charge in [-0.05, 0) is 44.1 Å². The van der Waals surface area contributed by atoms with Crippen LogP contribution in [0.15, 0.2) is 40.3 Å². The van der Waals surface area contributed by atoms with Gasteiger partial charge in [0.2, 0.25) is 5.91 Å². The molecule has 1 aromatic heterocycles. The quantitative estimate of drug-likeness (QED) is 0.741. The molecule has 1 N–H and O–H groups in total. The van der Waals surface area contributed by atoms with Crippen molar-refractivity contribution in [2.75, 3.05) is 13.1 Å². The summed E-state index contributed by atoms with van der Waals surface area (Å²) in [4.78, 5) is 26.6. The first-order valence-corrected chi connectivity index (χ1v) is 10.6. The number of benzene rings is 1. The van der Waals surface area contributed by atoms with Gasteiger partial charge in [0, 0.05) is 19.6 Å². The number of thioether (sulfide) groups is 1. The molecule has 1 aliphatic rings. The van der Waals surface area contributed by atoms with E-state index in [-0.39, 0.29) is 16.8 Å². The van der Waals surface area contributed by atoms with Crippen LogP contribution in [-0.4, -0.2) is 43.9 Å². The number of hydrogen-bond donors (Lipinski definition) is 1. The maximum absolute atomic E-state index is 12.8. The summed E-state index contributed by atoms with van der Waals surface area (Å²) in [5, 5.41) is 6.92. The van der Waals surface area contributed by atoms with Crippen molar-refractivity contribution in [3.63, 3.8) is 0 Å². The number of H-pyrrole nitrogens is 1. The van der Waals surface area contributed by atoms with Gasteiger partial charge < -0.3 is 4.90 Å². The van der Waals surface area contributed by atoms with E-state index < -0.39 is 0 Å². The van der Waals surface area contributed by atoms with Gasteiger partial charge in [-0.3, -0.25) is 9.36 Å². The van der Waals surface area contributed by atoms with E-state index in [1.165, 1.54) is 17.3 Å². The second kappa shape index (κ2) is 9.26. The van der Waals surface area contributed by atoms with Gasteiger partial charge in [-0.25, -0.2) is 9.89 Å². The predicted molar refractivity (Wildman–Crippen MR) is 108 cm³/mol. The topological polar surface area (TPSA) is 71.0 Å². The van der Waals surface area contributed by atoms with E-state index in [0.717, 1.165) is 38.8 Å². The summed E-state index contributed by atoms with van der Waals surface area (Å²) in [5.74, 6) is 0.775. The molecule has 6 nitrogen and oxygen atoms in total. The lowest BCUT2D eigenvalue weighted by Gasteiger charge is -2.33. The van der Waals surface area contributed by atoms with Gasteiger partial charge >= 0.3 is 5.69 Å². The number of rotatable bonds is 7. The normalized spacial score (nSPS) is 16.4. The van der Waals surface area contributed by atoms with Crippen LogP contribution in [0.5, 0.6) is 0 Å². The van der Waals surface area contributed by atoms with E-state index in [9.17, 15) is 9.59 Å². The van der Waals surface area contributed by atoms with E-state index in [0.29, 0.717) is 17.6 Å². The maximum atomic E-state index is 12.8. The number of aromatic nitrogens is 3. The Kier molecular flexibility index (Phi) is 6.77. The lowest BCUT2D eigenvalue weighted by Crippen LogP contribution is -2.42. The molecule has 0 unspecified atom stereocenters. The molecular formula is C20H28N4O2S. The molecule has 1 aliphatic heterocycles. The van der Waals surface area contributed by atoms with Crippen LogP contribution >= 0.6 is 11.8 Å². The Hall–Kier alpha value is -2.02. The van der Waals surface area contributed by atoms with Gasteiger partial charge in [0.05, 0.1) is 5.25 Å². The van der Waals surface area contributed by atoms with Crippen molar-refractivity contribution in [3.8, 4) is 0 Å². The van der Waals surface area contributed by atoms with E-state index in [1.807, 2.05) is 24.8 Å². The van der Waals surface area contributed by atoms with Crippen molar-refractivity contribution in [3.05, 3.63) is 46.4 Å².